The van der Waals surface area contributed by atoms with Crippen molar-refractivity contribution in [1.82, 2.24) is 0 Å². The Morgan fingerprint density at radius 3 is 2.69 bits per heavy atom. The summed E-state index contributed by atoms with van der Waals surface area (Å²) in [6, 6.07) is 10.6. The second-order valence-corrected chi connectivity index (χ2v) is 6.30. The molecule has 1 fully saturated rings. The molecule has 3 rings (SSSR count). The Bertz CT molecular complexity index is 880. The molecular formula is C19H16ClNO5. The molecule has 0 aliphatic carbocycles. The molecule has 1 N–H and O–H groups in total. The van der Waals surface area contributed by atoms with Gasteiger partial charge in [-0.25, -0.2) is 4.79 Å². The average molecular weight is 374 g/mol. The van der Waals surface area contributed by atoms with Crippen LogP contribution in [0.4, 0.5) is 5.69 Å². The SMILES string of the molecule is O=C(COC(=O)c1ccc(Cl)cc1O)c1cccc(N2CCCC2=O)c1. The Labute approximate surface area is 154 Å². The van der Waals surface area contributed by atoms with E-state index in [4.69, 9.17) is 16.3 Å². The summed E-state index contributed by atoms with van der Waals surface area (Å²) in [7, 11) is 0. The van der Waals surface area contributed by atoms with Gasteiger partial charge in [-0.1, -0.05) is 23.7 Å². The van der Waals surface area contributed by atoms with Crippen LogP contribution < -0.4 is 4.90 Å². The van der Waals surface area contributed by atoms with E-state index in [1.54, 1.807) is 29.2 Å². The third-order valence-corrected chi connectivity index (χ3v) is 4.30. The van der Waals surface area contributed by atoms with Gasteiger partial charge in [0.05, 0.1) is 0 Å². The maximum Gasteiger partial charge on any atom is 0.342 e. The number of carbonyl (C=O) groups excluding carboxylic acids is 3. The van der Waals surface area contributed by atoms with E-state index in [-0.39, 0.29) is 22.2 Å². The van der Waals surface area contributed by atoms with E-state index in [0.717, 1.165) is 6.42 Å². The lowest BCUT2D eigenvalue weighted by atomic mass is 10.1. The summed E-state index contributed by atoms with van der Waals surface area (Å²) < 4.78 is 4.98. The third-order valence-electron chi connectivity index (χ3n) is 4.07. The highest BCUT2D eigenvalue weighted by Gasteiger charge is 2.22. The lowest BCUT2D eigenvalue weighted by Crippen LogP contribution is -2.24. The van der Waals surface area contributed by atoms with Crippen LogP contribution in [0.5, 0.6) is 5.75 Å². The van der Waals surface area contributed by atoms with Gasteiger partial charge in [0.2, 0.25) is 5.91 Å². The molecule has 0 saturated carbocycles. The molecule has 0 bridgehead atoms. The van der Waals surface area contributed by atoms with Crippen molar-refractivity contribution in [3.63, 3.8) is 0 Å². The highest BCUT2D eigenvalue weighted by molar-refractivity contribution is 6.30. The molecule has 7 heteroatoms. The molecule has 0 atom stereocenters. The number of esters is 1. The molecule has 0 aromatic heterocycles. The van der Waals surface area contributed by atoms with Crippen LogP contribution in [0.25, 0.3) is 0 Å². The number of amides is 1. The van der Waals surface area contributed by atoms with Crippen molar-refractivity contribution >= 4 is 34.9 Å². The number of rotatable bonds is 5. The van der Waals surface area contributed by atoms with Crippen molar-refractivity contribution in [3.8, 4) is 5.75 Å². The van der Waals surface area contributed by atoms with Crippen LogP contribution in [0, 0.1) is 0 Å². The topological polar surface area (TPSA) is 83.9 Å². The summed E-state index contributed by atoms with van der Waals surface area (Å²) in [4.78, 5) is 37.8. The van der Waals surface area contributed by atoms with E-state index in [9.17, 15) is 19.5 Å². The van der Waals surface area contributed by atoms with E-state index in [1.165, 1.54) is 18.2 Å². The van der Waals surface area contributed by atoms with Crippen LogP contribution in [-0.4, -0.2) is 35.9 Å². The van der Waals surface area contributed by atoms with Crippen molar-refractivity contribution in [2.75, 3.05) is 18.1 Å². The summed E-state index contributed by atoms with van der Waals surface area (Å²) in [5, 5.41) is 10.00. The van der Waals surface area contributed by atoms with Crippen molar-refractivity contribution in [2.45, 2.75) is 12.8 Å². The number of aromatic hydroxyl groups is 1. The number of benzene rings is 2. The molecule has 1 aliphatic rings. The first-order valence-corrected chi connectivity index (χ1v) is 8.43. The molecule has 0 unspecified atom stereocenters. The van der Waals surface area contributed by atoms with Crippen LogP contribution in [0.15, 0.2) is 42.5 Å². The fourth-order valence-corrected chi connectivity index (χ4v) is 2.90. The van der Waals surface area contributed by atoms with Crippen LogP contribution in [0.1, 0.15) is 33.6 Å². The Morgan fingerprint density at radius 2 is 2.00 bits per heavy atom. The molecule has 6 nitrogen and oxygen atoms in total. The molecule has 1 saturated heterocycles. The van der Waals surface area contributed by atoms with Crippen LogP contribution in [0.3, 0.4) is 0 Å². The highest BCUT2D eigenvalue weighted by Crippen LogP contribution is 2.24. The fourth-order valence-electron chi connectivity index (χ4n) is 2.74. The Balaban J connectivity index is 1.66. The Hall–Kier alpha value is -2.86. The van der Waals surface area contributed by atoms with Gasteiger partial charge in [-0.15, -0.1) is 0 Å². The van der Waals surface area contributed by atoms with E-state index in [1.807, 2.05) is 0 Å². The van der Waals surface area contributed by atoms with Gasteiger partial charge < -0.3 is 14.7 Å². The van der Waals surface area contributed by atoms with Gasteiger partial charge in [0.1, 0.15) is 11.3 Å². The van der Waals surface area contributed by atoms with Gasteiger partial charge in [0.25, 0.3) is 0 Å². The smallest absolute Gasteiger partial charge is 0.342 e. The van der Waals surface area contributed by atoms with Crippen LogP contribution >= 0.6 is 11.6 Å². The molecular weight excluding hydrogens is 358 g/mol. The first kappa shape index (κ1) is 17.9. The number of hydrogen-bond donors (Lipinski definition) is 1. The summed E-state index contributed by atoms with van der Waals surface area (Å²) in [6.45, 7) is 0.152. The fraction of sp³-hybridized carbons (Fsp3) is 0.211. The normalized spacial score (nSPS) is 13.7. The Morgan fingerprint density at radius 1 is 1.19 bits per heavy atom. The molecule has 26 heavy (non-hydrogen) atoms. The van der Waals surface area contributed by atoms with E-state index < -0.39 is 18.4 Å². The first-order chi connectivity index (χ1) is 12.5. The second-order valence-electron chi connectivity index (χ2n) is 5.86. The summed E-state index contributed by atoms with van der Waals surface area (Å²) in [6.07, 6.45) is 1.29. The maximum atomic E-state index is 12.3. The van der Waals surface area contributed by atoms with E-state index >= 15 is 0 Å². The van der Waals surface area contributed by atoms with Gasteiger partial charge in [-0.3, -0.25) is 9.59 Å². The summed E-state index contributed by atoms with van der Waals surface area (Å²) >= 11 is 5.71. The third kappa shape index (κ3) is 3.86. The quantitative estimate of drug-likeness (QED) is 0.642. The number of hydrogen-bond acceptors (Lipinski definition) is 5. The van der Waals surface area contributed by atoms with Crippen LogP contribution in [0.2, 0.25) is 5.02 Å². The molecule has 2 aromatic rings. The molecule has 1 aliphatic heterocycles. The number of anilines is 1. The second kappa shape index (κ2) is 7.58. The number of phenolic OH excluding ortho intramolecular Hbond substituents is 1. The number of carbonyl (C=O) groups is 3. The van der Waals surface area contributed by atoms with Gasteiger partial charge in [-0.05, 0) is 36.8 Å². The van der Waals surface area contributed by atoms with E-state index in [2.05, 4.69) is 0 Å². The van der Waals surface area contributed by atoms with Gasteiger partial charge >= 0.3 is 5.97 Å². The lowest BCUT2D eigenvalue weighted by molar-refractivity contribution is -0.117. The zero-order chi connectivity index (χ0) is 18.7. The highest BCUT2D eigenvalue weighted by atomic mass is 35.5. The van der Waals surface area contributed by atoms with E-state index in [0.29, 0.717) is 24.2 Å². The lowest BCUT2D eigenvalue weighted by Gasteiger charge is -2.16. The molecule has 0 radical (unpaired) electrons. The van der Waals surface area contributed by atoms with Gasteiger partial charge in [0, 0.05) is 29.2 Å². The van der Waals surface area contributed by atoms with Gasteiger partial charge in [0.15, 0.2) is 12.4 Å². The van der Waals surface area contributed by atoms with Crippen molar-refractivity contribution in [3.05, 3.63) is 58.6 Å². The van der Waals surface area contributed by atoms with Crippen molar-refractivity contribution in [1.29, 1.82) is 0 Å². The van der Waals surface area contributed by atoms with Crippen molar-refractivity contribution in [2.24, 2.45) is 0 Å². The number of ether oxygens (including phenoxy) is 1. The minimum absolute atomic E-state index is 0.0271. The molecule has 1 amide bonds. The van der Waals surface area contributed by atoms with Crippen molar-refractivity contribution < 1.29 is 24.2 Å². The number of ketones is 1. The Kier molecular flexibility index (Phi) is 5.23. The number of halogens is 1. The van der Waals surface area contributed by atoms with Crippen LogP contribution in [-0.2, 0) is 9.53 Å². The number of Topliss-reactive ketones (excluding diaryl/α,β-unsaturated/α-hetero) is 1. The molecule has 134 valence electrons. The molecule has 0 spiro atoms. The average Bonchev–Trinajstić information content (AvgIpc) is 3.05. The standard InChI is InChI=1S/C19H16ClNO5/c20-13-6-7-15(16(22)10-13)19(25)26-11-17(23)12-3-1-4-14(9-12)21-8-2-5-18(21)24/h1,3-4,6-7,9-10,22H,2,5,8,11H2. The zero-order valence-electron chi connectivity index (χ0n) is 13.8. The van der Waals surface area contributed by atoms with Gasteiger partial charge in [-0.2, -0.15) is 0 Å². The molecule has 1 heterocycles. The molecule has 2 aromatic carbocycles. The summed E-state index contributed by atoms with van der Waals surface area (Å²) in [5.41, 5.74) is 0.925. The first-order valence-electron chi connectivity index (χ1n) is 8.05. The minimum Gasteiger partial charge on any atom is -0.507 e. The predicted molar refractivity (Wildman–Crippen MR) is 95.8 cm³/mol. The monoisotopic (exact) mass is 373 g/mol. The number of phenols is 1. The predicted octanol–water partition coefficient (Wildman–Crippen LogP) is 3.21. The largest absolute Gasteiger partial charge is 0.507 e. The number of nitrogens with zero attached hydrogens (tertiary/aromatic N) is 1. The summed E-state index contributed by atoms with van der Waals surface area (Å²) in [5.74, 6) is -1.51. The minimum atomic E-state index is -0.821. The zero-order valence-corrected chi connectivity index (χ0v) is 14.5. The maximum absolute atomic E-state index is 12.3.